The van der Waals surface area contributed by atoms with E-state index in [1.165, 1.54) is 0 Å². The van der Waals surface area contributed by atoms with Crippen LogP contribution in [0.15, 0.2) is 18.2 Å². The molecule has 0 N–H and O–H groups in total. The first kappa shape index (κ1) is 12.9. The number of pyridine rings is 1. The second-order valence-electron chi connectivity index (χ2n) is 4.14. The van der Waals surface area contributed by atoms with E-state index in [0.717, 1.165) is 11.1 Å². The van der Waals surface area contributed by atoms with Crippen molar-refractivity contribution in [2.45, 2.75) is 6.42 Å². The number of benzene rings is 1. The van der Waals surface area contributed by atoms with Crippen molar-refractivity contribution in [1.29, 1.82) is 5.26 Å². The predicted molar refractivity (Wildman–Crippen MR) is 75.4 cm³/mol. The maximum absolute atomic E-state index is 8.77. The van der Waals surface area contributed by atoms with E-state index in [0.29, 0.717) is 21.3 Å². The fourth-order valence-electron chi connectivity index (χ4n) is 1.84. The molecule has 2 rings (SSSR count). The maximum atomic E-state index is 8.77. The normalized spacial score (nSPS) is 10.4. The first-order valence-electron chi connectivity index (χ1n) is 5.36. The molecular weight excluding hydrogens is 269 g/mol. The lowest BCUT2D eigenvalue weighted by Crippen LogP contribution is -2.10. The molecule has 0 aliphatic heterocycles. The van der Waals surface area contributed by atoms with Gasteiger partial charge in [-0.05, 0) is 18.2 Å². The number of hydrogen-bond donors (Lipinski definition) is 0. The Hall–Kier alpha value is -1.50. The lowest BCUT2D eigenvalue weighted by Gasteiger charge is -2.17. The molecule has 0 atom stereocenters. The lowest BCUT2D eigenvalue weighted by atomic mass is 10.1. The first-order valence-corrected chi connectivity index (χ1v) is 6.11. The van der Waals surface area contributed by atoms with Gasteiger partial charge in [0.1, 0.15) is 0 Å². The third kappa shape index (κ3) is 2.35. The van der Waals surface area contributed by atoms with Crippen LogP contribution in [0, 0.1) is 11.3 Å². The molecule has 0 spiro atoms. The minimum atomic E-state index is 0.265. The van der Waals surface area contributed by atoms with Crippen LogP contribution in [0.25, 0.3) is 10.9 Å². The number of fused-ring (bicyclic) bond motifs is 1. The molecule has 0 unspecified atom stereocenters. The summed E-state index contributed by atoms with van der Waals surface area (Å²) in [5.41, 5.74) is 2.36. The Balaban J connectivity index is 2.82. The highest BCUT2D eigenvalue weighted by atomic mass is 35.5. The number of anilines is 1. The Morgan fingerprint density at radius 2 is 2.00 bits per heavy atom. The van der Waals surface area contributed by atoms with Crippen molar-refractivity contribution < 1.29 is 0 Å². The van der Waals surface area contributed by atoms with Gasteiger partial charge in [0.15, 0.2) is 0 Å². The van der Waals surface area contributed by atoms with Crippen molar-refractivity contribution in [3.05, 3.63) is 33.9 Å². The van der Waals surface area contributed by atoms with E-state index in [9.17, 15) is 0 Å². The van der Waals surface area contributed by atoms with Crippen molar-refractivity contribution in [2.75, 3.05) is 19.0 Å². The number of halogens is 2. The van der Waals surface area contributed by atoms with Gasteiger partial charge in [0, 0.05) is 30.2 Å². The Morgan fingerprint density at radius 3 is 2.61 bits per heavy atom. The van der Waals surface area contributed by atoms with Gasteiger partial charge in [-0.1, -0.05) is 23.2 Å². The van der Waals surface area contributed by atoms with Crippen LogP contribution in [0.1, 0.15) is 5.69 Å². The minimum absolute atomic E-state index is 0.265. The molecule has 1 heterocycles. The zero-order chi connectivity index (χ0) is 13.3. The molecule has 0 saturated carbocycles. The second-order valence-corrected chi connectivity index (χ2v) is 4.99. The van der Waals surface area contributed by atoms with E-state index >= 15 is 0 Å². The van der Waals surface area contributed by atoms with Gasteiger partial charge < -0.3 is 4.90 Å². The highest BCUT2D eigenvalue weighted by Gasteiger charge is 2.12. The van der Waals surface area contributed by atoms with Crippen molar-refractivity contribution in [2.24, 2.45) is 0 Å². The van der Waals surface area contributed by atoms with Crippen LogP contribution in [0.2, 0.25) is 10.0 Å². The third-order valence-electron chi connectivity index (χ3n) is 2.60. The molecule has 0 fully saturated rings. The first-order chi connectivity index (χ1) is 8.52. The zero-order valence-corrected chi connectivity index (χ0v) is 11.5. The zero-order valence-electron chi connectivity index (χ0n) is 10.0. The molecule has 3 nitrogen and oxygen atoms in total. The van der Waals surface area contributed by atoms with Crippen molar-refractivity contribution in [1.82, 2.24) is 4.98 Å². The van der Waals surface area contributed by atoms with Crippen molar-refractivity contribution >= 4 is 39.8 Å². The molecule has 2 aromatic rings. The summed E-state index contributed by atoms with van der Waals surface area (Å²) >= 11 is 12.2. The van der Waals surface area contributed by atoms with Gasteiger partial charge in [0.25, 0.3) is 0 Å². The summed E-state index contributed by atoms with van der Waals surface area (Å²) in [6.45, 7) is 0. The van der Waals surface area contributed by atoms with Gasteiger partial charge in [-0.25, -0.2) is 0 Å². The molecule has 0 saturated heterocycles. The number of nitriles is 1. The van der Waals surface area contributed by atoms with Gasteiger partial charge in [0.2, 0.25) is 0 Å². The lowest BCUT2D eigenvalue weighted by molar-refractivity contribution is 1.10. The van der Waals surface area contributed by atoms with Gasteiger partial charge in [-0.2, -0.15) is 5.26 Å². The van der Waals surface area contributed by atoms with Crippen LogP contribution in [0.4, 0.5) is 5.69 Å². The van der Waals surface area contributed by atoms with E-state index in [-0.39, 0.29) is 6.42 Å². The quantitative estimate of drug-likeness (QED) is 0.842. The highest BCUT2D eigenvalue weighted by Crippen LogP contribution is 2.34. The van der Waals surface area contributed by atoms with Gasteiger partial charge in [-0.3, -0.25) is 4.98 Å². The Morgan fingerprint density at radius 1 is 1.28 bits per heavy atom. The SMILES string of the molecule is CN(C)c1cc(CC#N)nc2cc(Cl)cc(Cl)c12. The second kappa shape index (κ2) is 5.01. The summed E-state index contributed by atoms with van der Waals surface area (Å²) in [5.74, 6) is 0. The van der Waals surface area contributed by atoms with Crippen LogP contribution >= 0.6 is 23.2 Å². The summed E-state index contributed by atoms with van der Waals surface area (Å²) in [6, 6.07) is 7.44. The molecule has 0 aliphatic carbocycles. The Bertz CT molecular complexity index is 645. The van der Waals surface area contributed by atoms with E-state index in [4.69, 9.17) is 28.5 Å². The molecular formula is C13H11Cl2N3. The monoisotopic (exact) mass is 279 g/mol. The Labute approximate surface area is 116 Å². The average molecular weight is 280 g/mol. The molecule has 0 bridgehead atoms. The van der Waals surface area contributed by atoms with E-state index in [1.807, 2.05) is 25.1 Å². The molecule has 0 aliphatic rings. The van der Waals surface area contributed by atoms with Crippen LogP contribution in [0.5, 0.6) is 0 Å². The summed E-state index contributed by atoms with van der Waals surface area (Å²) in [4.78, 5) is 6.36. The third-order valence-corrected chi connectivity index (χ3v) is 3.12. The number of rotatable bonds is 2. The minimum Gasteiger partial charge on any atom is -0.377 e. The summed E-state index contributed by atoms with van der Waals surface area (Å²) in [7, 11) is 3.85. The predicted octanol–water partition coefficient (Wildman–Crippen LogP) is 3.67. The summed E-state index contributed by atoms with van der Waals surface area (Å²) < 4.78 is 0. The molecule has 1 aromatic carbocycles. The van der Waals surface area contributed by atoms with Crippen LogP contribution in [0.3, 0.4) is 0 Å². The number of hydrogen-bond acceptors (Lipinski definition) is 3. The molecule has 5 heteroatoms. The topological polar surface area (TPSA) is 39.9 Å². The van der Waals surface area contributed by atoms with Crippen molar-refractivity contribution in [3.63, 3.8) is 0 Å². The number of nitrogens with zero attached hydrogens (tertiary/aromatic N) is 3. The molecule has 1 aromatic heterocycles. The highest BCUT2D eigenvalue weighted by molar-refractivity contribution is 6.39. The molecule has 92 valence electrons. The molecule has 0 radical (unpaired) electrons. The summed E-state index contributed by atoms with van der Waals surface area (Å²) in [6.07, 6.45) is 0.265. The Kier molecular flexibility index (Phi) is 3.60. The smallest absolute Gasteiger partial charge is 0.0775 e. The van der Waals surface area contributed by atoms with Crippen molar-refractivity contribution in [3.8, 4) is 6.07 Å². The van der Waals surface area contributed by atoms with E-state index < -0.39 is 0 Å². The van der Waals surface area contributed by atoms with Gasteiger partial charge in [-0.15, -0.1) is 0 Å². The largest absolute Gasteiger partial charge is 0.377 e. The van der Waals surface area contributed by atoms with E-state index in [2.05, 4.69) is 11.1 Å². The average Bonchev–Trinajstić information content (AvgIpc) is 2.27. The standard InChI is InChI=1S/C13H11Cl2N3/c1-18(2)12-7-9(3-4-16)17-11-6-8(14)5-10(15)13(11)12/h5-7H,3H2,1-2H3. The fraction of sp³-hybridized carbons (Fsp3) is 0.231. The van der Waals surface area contributed by atoms with Crippen LogP contribution < -0.4 is 4.90 Å². The van der Waals surface area contributed by atoms with Gasteiger partial charge >= 0.3 is 0 Å². The number of aromatic nitrogens is 1. The summed E-state index contributed by atoms with van der Waals surface area (Å²) in [5, 5.41) is 10.7. The van der Waals surface area contributed by atoms with Gasteiger partial charge in [0.05, 0.1) is 28.7 Å². The molecule has 18 heavy (non-hydrogen) atoms. The van der Waals surface area contributed by atoms with Crippen LogP contribution in [-0.4, -0.2) is 19.1 Å². The molecule has 0 amide bonds. The maximum Gasteiger partial charge on any atom is 0.0775 e. The van der Waals surface area contributed by atoms with E-state index in [1.54, 1.807) is 12.1 Å². The van der Waals surface area contributed by atoms with Crippen LogP contribution in [-0.2, 0) is 6.42 Å². The fourth-order valence-corrected chi connectivity index (χ4v) is 2.42.